The van der Waals surface area contributed by atoms with Gasteiger partial charge in [0.25, 0.3) is 5.91 Å². The van der Waals surface area contributed by atoms with Gasteiger partial charge in [-0.15, -0.1) is 11.3 Å². The van der Waals surface area contributed by atoms with Crippen LogP contribution in [0.1, 0.15) is 18.5 Å². The summed E-state index contributed by atoms with van der Waals surface area (Å²) in [6, 6.07) is 12.0. The first-order valence-corrected chi connectivity index (χ1v) is 9.01. The van der Waals surface area contributed by atoms with Gasteiger partial charge < -0.3 is 15.4 Å². The minimum absolute atomic E-state index is 0.00801. The number of thiazole rings is 1. The molecule has 2 aromatic carbocycles. The van der Waals surface area contributed by atoms with Gasteiger partial charge >= 0.3 is 0 Å². The number of fused-ring (bicyclic) bond motifs is 1. The van der Waals surface area contributed by atoms with Crippen LogP contribution in [0.15, 0.2) is 47.8 Å². The Morgan fingerprint density at radius 2 is 2.08 bits per heavy atom. The van der Waals surface area contributed by atoms with Crippen LogP contribution in [0.2, 0.25) is 0 Å². The molecule has 26 heavy (non-hydrogen) atoms. The van der Waals surface area contributed by atoms with Crippen LogP contribution in [-0.4, -0.2) is 17.5 Å². The lowest BCUT2D eigenvalue weighted by molar-refractivity contribution is -0.118. The lowest BCUT2D eigenvalue weighted by Gasteiger charge is -2.20. The third-order valence-electron chi connectivity index (χ3n) is 4.12. The van der Waals surface area contributed by atoms with Gasteiger partial charge in [0, 0.05) is 10.9 Å². The van der Waals surface area contributed by atoms with Crippen LogP contribution in [0.3, 0.4) is 0 Å². The summed E-state index contributed by atoms with van der Waals surface area (Å²) < 4.78 is 18.4. The highest BCUT2D eigenvalue weighted by molar-refractivity contribution is 7.14. The van der Waals surface area contributed by atoms with Crippen molar-refractivity contribution in [1.29, 1.82) is 0 Å². The molecule has 0 radical (unpaired) electrons. The normalized spacial score (nSPS) is 14.2. The molecule has 0 aliphatic carbocycles. The minimum atomic E-state index is -0.264. The fourth-order valence-electron chi connectivity index (χ4n) is 2.73. The average Bonchev–Trinajstić information content (AvgIpc) is 3.10. The van der Waals surface area contributed by atoms with Crippen molar-refractivity contribution in [3.05, 3.63) is 59.2 Å². The maximum Gasteiger partial charge on any atom is 0.262 e. The Kier molecular flexibility index (Phi) is 4.30. The van der Waals surface area contributed by atoms with E-state index in [2.05, 4.69) is 15.6 Å². The highest BCUT2D eigenvalue weighted by atomic mass is 32.1. The number of ether oxygens (including phenoxy) is 1. The number of halogens is 1. The van der Waals surface area contributed by atoms with Crippen LogP contribution in [0.5, 0.6) is 5.75 Å². The number of hydrogen-bond donors (Lipinski definition) is 2. The van der Waals surface area contributed by atoms with Gasteiger partial charge in [-0.1, -0.05) is 6.07 Å². The van der Waals surface area contributed by atoms with E-state index in [0.717, 1.165) is 22.0 Å². The Hall–Kier alpha value is -2.93. The third kappa shape index (κ3) is 3.39. The number of carbonyl (C=O) groups is 1. The van der Waals surface area contributed by atoms with Crippen molar-refractivity contribution in [2.75, 3.05) is 17.2 Å². The predicted molar refractivity (Wildman–Crippen MR) is 100 cm³/mol. The number of carbonyl (C=O) groups excluding carboxylic acids is 1. The number of amides is 1. The molecule has 1 unspecified atom stereocenters. The third-order valence-corrected chi connectivity index (χ3v) is 4.89. The zero-order valence-electron chi connectivity index (χ0n) is 14.0. The van der Waals surface area contributed by atoms with E-state index >= 15 is 0 Å². The van der Waals surface area contributed by atoms with Crippen molar-refractivity contribution < 1.29 is 13.9 Å². The van der Waals surface area contributed by atoms with E-state index in [1.807, 2.05) is 30.5 Å². The Bertz CT molecular complexity index is 956. The van der Waals surface area contributed by atoms with Crippen molar-refractivity contribution in [3.8, 4) is 17.0 Å². The summed E-state index contributed by atoms with van der Waals surface area (Å²) in [5, 5.41) is 8.88. The number of nitrogens with one attached hydrogen (secondary N) is 2. The molecule has 2 N–H and O–H groups in total. The number of rotatable bonds is 4. The molecule has 0 saturated heterocycles. The molecule has 1 aromatic heterocycles. The molecule has 5 nitrogen and oxygen atoms in total. The molecule has 0 bridgehead atoms. The predicted octanol–water partition coefficient (Wildman–Crippen LogP) is 4.45. The van der Waals surface area contributed by atoms with E-state index in [0.29, 0.717) is 11.4 Å². The van der Waals surface area contributed by atoms with E-state index in [-0.39, 0.29) is 24.4 Å². The summed E-state index contributed by atoms with van der Waals surface area (Å²) >= 11 is 1.49. The van der Waals surface area contributed by atoms with Crippen LogP contribution < -0.4 is 15.4 Å². The van der Waals surface area contributed by atoms with Gasteiger partial charge in [0.05, 0.1) is 17.4 Å². The maximum absolute atomic E-state index is 13.0. The minimum Gasteiger partial charge on any atom is -0.482 e. The summed E-state index contributed by atoms with van der Waals surface area (Å²) in [4.78, 5) is 16.0. The van der Waals surface area contributed by atoms with Crippen molar-refractivity contribution in [2.24, 2.45) is 0 Å². The lowest BCUT2D eigenvalue weighted by atomic mass is 10.1. The quantitative estimate of drug-likeness (QED) is 0.713. The smallest absolute Gasteiger partial charge is 0.262 e. The van der Waals surface area contributed by atoms with Crippen LogP contribution in [0, 0.1) is 5.82 Å². The summed E-state index contributed by atoms with van der Waals surface area (Å²) in [5.41, 5.74) is 3.36. The number of benzene rings is 2. The van der Waals surface area contributed by atoms with Crippen LogP contribution >= 0.6 is 11.3 Å². The van der Waals surface area contributed by atoms with E-state index in [4.69, 9.17) is 4.74 Å². The monoisotopic (exact) mass is 369 g/mol. The number of aromatic nitrogens is 1. The second-order valence-electron chi connectivity index (χ2n) is 6.00. The fourth-order valence-corrected chi connectivity index (χ4v) is 3.54. The van der Waals surface area contributed by atoms with Gasteiger partial charge in [-0.3, -0.25) is 4.79 Å². The number of nitrogens with zero attached hydrogens (tertiary/aromatic N) is 1. The summed E-state index contributed by atoms with van der Waals surface area (Å²) in [6.45, 7) is 2.07. The molecule has 1 atom stereocenters. The lowest BCUT2D eigenvalue weighted by Crippen LogP contribution is -2.25. The molecule has 1 amide bonds. The zero-order chi connectivity index (χ0) is 18.1. The van der Waals surface area contributed by atoms with Gasteiger partial charge in [0.2, 0.25) is 0 Å². The first-order chi connectivity index (χ1) is 12.6. The second kappa shape index (κ2) is 6.76. The van der Waals surface area contributed by atoms with Crippen LogP contribution in [-0.2, 0) is 4.79 Å². The molecule has 0 spiro atoms. The second-order valence-corrected chi connectivity index (χ2v) is 6.86. The molecule has 3 aromatic rings. The number of hydrogen-bond acceptors (Lipinski definition) is 5. The molecule has 7 heteroatoms. The van der Waals surface area contributed by atoms with Gasteiger partial charge in [-0.25, -0.2) is 9.37 Å². The van der Waals surface area contributed by atoms with E-state index < -0.39 is 0 Å². The SMILES string of the molecule is CC(Nc1nc(-c2ccc(F)cc2)cs1)c1ccc2c(c1)NC(=O)CO2. The van der Waals surface area contributed by atoms with E-state index in [1.54, 1.807) is 12.1 Å². The molecular formula is C19H16FN3O2S. The molecule has 132 valence electrons. The Morgan fingerprint density at radius 3 is 2.88 bits per heavy atom. The molecule has 1 aliphatic heterocycles. The molecule has 4 rings (SSSR count). The average molecular weight is 369 g/mol. The van der Waals surface area contributed by atoms with Gasteiger partial charge in [-0.2, -0.15) is 0 Å². The first kappa shape index (κ1) is 16.5. The highest BCUT2D eigenvalue weighted by Crippen LogP contribution is 2.32. The molecular weight excluding hydrogens is 353 g/mol. The van der Waals surface area contributed by atoms with Gasteiger partial charge in [0.15, 0.2) is 11.7 Å². The van der Waals surface area contributed by atoms with E-state index in [9.17, 15) is 9.18 Å². The topological polar surface area (TPSA) is 63.2 Å². The summed E-state index contributed by atoms with van der Waals surface area (Å²) in [6.07, 6.45) is 0. The molecule has 0 fully saturated rings. The largest absolute Gasteiger partial charge is 0.482 e. The number of anilines is 2. The van der Waals surface area contributed by atoms with Crippen molar-refractivity contribution in [3.63, 3.8) is 0 Å². The van der Waals surface area contributed by atoms with E-state index in [1.165, 1.54) is 23.5 Å². The molecule has 0 saturated carbocycles. The first-order valence-electron chi connectivity index (χ1n) is 8.13. The molecule has 2 heterocycles. The van der Waals surface area contributed by atoms with Gasteiger partial charge in [-0.05, 0) is 48.9 Å². The summed E-state index contributed by atoms with van der Waals surface area (Å²) in [7, 11) is 0. The van der Waals surface area contributed by atoms with Crippen molar-refractivity contribution >= 4 is 28.1 Å². The van der Waals surface area contributed by atoms with Gasteiger partial charge in [0.1, 0.15) is 11.6 Å². The maximum atomic E-state index is 13.0. The fraction of sp³-hybridized carbons (Fsp3) is 0.158. The van der Waals surface area contributed by atoms with Crippen molar-refractivity contribution in [1.82, 2.24) is 4.98 Å². The van der Waals surface area contributed by atoms with Crippen LogP contribution in [0.25, 0.3) is 11.3 Å². The zero-order valence-corrected chi connectivity index (χ0v) is 14.8. The molecule has 1 aliphatic rings. The Balaban J connectivity index is 1.50. The van der Waals surface area contributed by atoms with Crippen molar-refractivity contribution in [2.45, 2.75) is 13.0 Å². The Labute approximate surface area is 153 Å². The van der Waals surface area contributed by atoms with Crippen LogP contribution in [0.4, 0.5) is 15.2 Å². The standard InChI is InChI=1S/C19H16FN3O2S/c1-11(13-4-7-17-15(8-13)22-18(24)9-25-17)21-19-23-16(10-26-19)12-2-5-14(20)6-3-12/h2-8,10-11H,9H2,1H3,(H,21,23)(H,22,24). The Morgan fingerprint density at radius 1 is 1.27 bits per heavy atom. The summed E-state index contributed by atoms with van der Waals surface area (Å²) in [5.74, 6) is 0.256. The highest BCUT2D eigenvalue weighted by Gasteiger charge is 2.18.